The van der Waals surface area contributed by atoms with Crippen LogP contribution in [0.3, 0.4) is 0 Å². The van der Waals surface area contributed by atoms with Crippen molar-refractivity contribution in [1.82, 2.24) is 0 Å². The molecule has 0 atom stereocenters. The van der Waals surface area contributed by atoms with E-state index in [2.05, 4.69) is 39.0 Å². The van der Waals surface area contributed by atoms with Gasteiger partial charge in [0, 0.05) is 0 Å². The van der Waals surface area contributed by atoms with Crippen LogP contribution in [0.25, 0.3) is 0 Å². The summed E-state index contributed by atoms with van der Waals surface area (Å²) in [6.07, 6.45) is 9.56. The van der Waals surface area contributed by atoms with Crippen LogP contribution in [0.15, 0.2) is 41.6 Å². The third-order valence-corrected chi connectivity index (χ3v) is 9.39. The molecule has 0 nitrogen and oxygen atoms in total. The van der Waals surface area contributed by atoms with E-state index in [1.165, 1.54) is 12.8 Å². The molecule has 0 heterocycles. The van der Waals surface area contributed by atoms with Gasteiger partial charge in [-0.3, -0.25) is 0 Å². The SMILES string of the molecule is CC1=[C]([Hf][C]2=CCC(C)=C2C)CC=C1. The van der Waals surface area contributed by atoms with Crippen LogP contribution in [0.2, 0.25) is 0 Å². The summed E-state index contributed by atoms with van der Waals surface area (Å²) in [5.74, 6) is 0. The summed E-state index contributed by atoms with van der Waals surface area (Å²) in [4.78, 5) is 0. The Morgan fingerprint density at radius 2 is 1.93 bits per heavy atom. The summed E-state index contributed by atoms with van der Waals surface area (Å²) in [5.41, 5.74) is 4.77. The van der Waals surface area contributed by atoms with Gasteiger partial charge >= 0.3 is 98.1 Å². The summed E-state index contributed by atoms with van der Waals surface area (Å²) in [6, 6.07) is 0. The summed E-state index contributed by atoms with van der Waals surface area (Å²) in [7, 11) is 0. The van der Waals surface area contributed by atoms with Crippen LogP contribution in [-0.2, 0) is 22.9 Å². The van der Waals surface area contributed by atoms with E-state index in [0.717, 1.165) is 0 Å². The quantitative estimate of drug-likeness (QED) is 0.662. The molecule has 0 aromatic rings. The average molecular weight is 351 g/mol. The van der Waals surface area contributed by atoms with Crippen LogP contribution in [0.1, 0.15) is 33.6 Å². The Kier molecular flexibility index (Phi) is 3.06. The zero-order valence-electron chi connectivity index (χ0n) is 9.15. The predicted molar refractivity (Wildman–Crippen MR) is 57.5 cm³/mol. The van der Waals surface area contributed by atoms with Crippen LogP contribution in [-0.4, -0.2) is 0 Å². The average Bonchev–Trinajstić information content (AvgIpc) is 2.68. The van der Waals surface area contributed by atoms with E-state index in [1.54, 1.807) is 23.4 Å². The zero-order chi connectivity index (χ0) is 10.1. The van der Waals surface area contributed by atoms with E-state index < -0.39 is 22.9 Å². The normalized spacial score (nSPS) is 20.9. The standard InChI is InChI=1S/C7H9.C6H7.Hf/c1-6-4-3-5-7(6)2;1-6-4-2-3-5-6;/h3H,4H2,1-2H3;2,4H,3H2,1H3;. The van der Waals surface area contributed by atoms with Crippen LogP contribution in [0.4, 0.5) is 0 Å². The van der Waals surface area contributed by atoms with Crippen LogP contribution >= 0.6 is 0 Å². The summed E-state index contributed by atoms with van der Waals surface area (Å²) in [6.45, 7) is 6.85. The molecule has 2 aliphatic rings. The molecule has 0 aromatic carbocycles. The number of allylic oxidation sites excluding steroid dienone is 8. The molecule has 0 bridgehead atoms. The minimum atomic E-state index is -0.666. The Hall–Kier alpha value is -0.170. The van der Waals surface area contributed by atoms with Crippen molar-refractivity contribution in [1.29, 1.82) is 0 Å². The van der Waals surface area contributed by atoms with Crippen molar-refractivity contribution in [3.8, 4) is 0 Å². The molecule has 1 heteroatoms. The molecule has 2 aliphatic carbocycles. The van der Waals surface area contributed by atoms with Crippen molar-refractivity contribution in [3.05, 3.63) is 41.6 Å². The summed E-state index contributed by atoms with van der Waals surface area (Å²) in [5, 5.41) is 0. The Labute approximate surface area is 97.8 Å². The van der Waals surface area contributed by atoms with Gasteiger partial charge in [-0.25, -0.2) is 0 Å². The second-order valence-electron chi connectivity index (χ2n) is 4.12. The van der Waals surface area contributed by atoms with E-state index in [9.17, 15) is 0 Å². The van der Waals surface area contributed by atoms with Gasteiger partial charge in [0.15, 0.2) is 0 Å². The molecule has 0 radical (unpaired) electrons. The first-order valence-electron chi connectivity index (χ1n) is 5.18. The molecule has 0 N–H and O–H groups in total. The number of hydrogen-bond donors (Lipinski definition) is 0. The van der Waals surface area contributed by atoms with Crippen molar-refractivity contribution >= 4 is 0 Å². The Morgan fingerprint density at radius 1 is 1.14 bits per heavy atom. The van der Waals surface area contributed by atoms with Crippen molar-refractivity contribution in [2.45, 2.75) is 33.6 Å². The molecule has 0 unspecified atom stereocenters. The summed E-state index contributed by atoms with van der Waals surface area (Å²) < 4.78 is 3.55. The Bertz CT molecular complexity index is 378. The maximum atomic E-state index is 2.48. The van der Waals surface area contributed by atoms with E-state index in [1.807, 2.05) is 0 Å². The molecule has 0 spiro atoms. The topological polar surface area (TPSA) is 0 Å². The van der Waals surface area contributed by atoms with Gasteiger partial charge in [-0.1, -0.05) is 0 Å². The monoisotopic (exact) mass is 352 g/mol. The first kappa shape index (κ1) is 10.4. The van der Waals surface area contributed by atoms with Gasteiger partial charge in [-0.2, -0.15) is 0 Å². The van der Waals surface area contributed by atoms with Gasteiger partial charge in [0.2, 0.25) is 0 Å². The molecular weight excluding hydrogens is 335 g/mol. The van der Waals surface area contributed by atoms with Gasteiger partial charge in [-0.15, -0.1) is 0 Å². The Balaban J connectivity index is 2.11. The molecule has 0 aliphatic heterocycles. The molecule has 0 fully saturated rings. The zero-order valence-corrected chi connectivity index (χ0v) is 12.7. The molecule has 72 valence electrons. The van der Waals surface area contributed by atoms with Gasteiger partial charge in [0.05, 0.1) is 0 Å². The molecule has 2 rings (SSSR count). The summed E-state index contributed by atoms with van der Waals surface area (Å²) >= 11 is -0.666. The fourth-order valence-electron chi connectivity index (χ4n) is 1.86. The minimum absolute atomic E-state index is 0.666. The molecular formula is C13H16Hf. The molecule has 14 heavy (non-hydrogen) atoms. The van der Waals surface area contributed by atoms with Crippen molar-refractivity contribution < 1.29 is 22.9 Å². The first-order valence-corrected chi connectivity index (χ1v) is 8.78. The van der Waals surface area contributed by atoms with Gasteiger partial charge in [0.25, 0.3) is 0 Å². The third-order valence-electron chi connectivity index (χ3n) is 3.11. The number of hydrogen-bond acceptors (Lipinski definition) is 0. The first-order chi connectivity index (χ1) is 6.68. The van der Waals surface area contributed by atoms with E-state index >= 15 is 0 Å². The predicted octanol–water partition coefficient (Wildman–Crippen LogP) is 3.93. The Morgan fingerprint density at radius 3 is 2.43 bits per heavy atom. The van der Waals surface area contributed by atoms with Crippen molar-refractivity contribution in [3.63, 3.8) is 0 Å². The third kappa shape index (κ3) is 1.93. The molecule has 0 amide bonds. The van der Waals surface area contributed by atoms with Crippen LogP contribution in [0.5, 0.6) is 0 Å². The fourth-order valence-corrected chi connectivity index (χ4v) is 7.00. The fraction of sp³-hybridized carbons (Fsp3) is 0.385. The van der Waals surface area contributed by atoms with Crippen molar-refractivity contribution in [2.24, 2.45) is 0 Å². The second kappa shape index (κ2) is 4.14. The van der Waals surface area contributed by atoms with Crippen LogP contribution in [0, 0.1) is 0 Å². The molecule has 0 aromatic heterocycles. The molecule has 0 saturated heterocycles. The van der Waals surface area contributed by atoms with E-state index in [0.29, 0.717) is 0 Å². The second-order valence-corrected chi connectivity index (χ2v) is 9.12. The van der Waals surface area contributed by atoms with Gasteiger partial charge in [0.1, 0.15) is 0 Å². The van der Waals surface area contributed by atoms with Gasteiger partial charge < -0.3 is 0 Å². The van der Waals surface area contributed by atoms with Gasteiger partial charge in [-0.05, 0) is 0 Å². The van der Waals surface area contributed by atoms with Crippen LogP contribution < -0.4 is 0 Å². The molecule has 0 saturated carbocycles. The van der Waals surface area contributed by atoms with E-state index in [4.69, 9.17) is 0 Å². The number of rotatable bonds is 2. The van der Waals surface area contributed by atoms with E-state index in [-0.39, 0.29) is 0 Å². The van der Waals surface area contributed by atoms with Crippen molar-refractivity contribution in [2.75, 3.05) is 0 Å². The maximum absolute atomic E-state index is 2.48.